The fraction of sp³-hybridized carbons (Fsp3) is 0.292. The molecule has 2 heterocycles. The molecule has 2 aliphatic rings. The summed E-state index contributed by atoms with van der Waals surface area (Å²) in [5.41, 5.74) is -0.529. The van der Waals surface area contributed by atoms with Crippen molar-refractivity contribution in [3.8, 4) is 5.75 Å². The van der Waals surface area contributed by atoms with Crippen molar-refractivity contribution < 1.29 is 24.2 Å². The number of benzene rings is 2. The van der Waals surface area contributed by atoms with Crippen LogP contribution in [0.4, 0.5) is 5.69 Å². The number of aliphatic hydroxyl groups is 1. The molecule has 8 nitrogen and oxygen atoms in total. The number of likely N-dealkylation sites (N-methyl/N-ethyl adjacent to an activating group) is 2. The molecule has 0 saturated carbocycles. The van der Waals surface area contributed by atoms with Crippen LogP contribution in [0.5, 0.6) is 5.75 Å². The van der Waals surface area contributed by atoms with Gasteiger partial charge in [0.15, 0.2) is 5.54 Å². The predicted molar refractivity (Wildman–Crippen MR) is 119 cm³/mol. The number of nitrogens with zero attached hydrogens (tertiary/aromatic N) is 3. The molecule has 0 aliphatic carbocycles. The van der Waals surface area contributed by atoms with Crippen LogP contribution >= 0.6 is 0 Å². The molecule has 1 spiro atoms. The molecule has 166 valence electrons. The minimum absolute atomic E-state index is 0.144. The fourth-order valence-electron chi connectivity index (χ4n) is 4.46. The Morgan fingerprint density at radius 3 is 2.34 bits per heavy atom. The molecular formula is C24H25N3O5. The second-order valence-electron chi connectivity index (χ2n) is 8.13. The van der Waals surface area contributed by atoms with E-state index in [1.807, 2.05) is 19.0 Å². The van der Waals surface area contributed by atoms with Gasteiger partial charge in [0, 0.05) is 37.0 Å². The Kier molecular flexibility index (Phi) is 5.26. The standard InChI is InChI=1S/C24H25N3O5/c1-25(2)13-14-27-22(30)21(29)19(20(28)15-9-11-16(32-4)12-10-15)24(27)17-7-5-6-8-18(17)26(3)23(24)31/h5-12,28H,13-14H2,1-4H3. The molecule has 0 bridgehead atoms. The number of amides is 2. The van der Waals surface area contributed by atoms with Gasteiger partial charge in [-0.25, -0.2) is 0 Å². The highest BCUT2D eigenvalue weighted by molar-refractivity contribution is 6.50. The van der Waals surface area contributed by atoms with Gasteiger partial charge in [0.1, 0.15) is 11.5 Å². The van der Waals surface area contributed by atoms with Crippen LogP contribution in [0.15, 0.2) is 54.1 Å². The van der Waals surface area contributed by atoms with Crippen LogP contribution in [0.25, 0.3) is 5.76 Å². The lowest BCUT2D eigenvalue weighted by Crippen LogP contribution is -2.52. The molecule has 1 unspecified atom stereocenters. The number of ketones is 1. The van der Waals surface area contributed by atoms with E-state index in [1.54, 1.807) is 55.6 Å². The van der Waals surface area contributed by atoms with E-state index in [1.165, 1.54) is 16.9 Å². The van der Waals surface area contributed by atoms with E-state index in [0.29, 0.717) is 29.1 Å². The Morgan fingerprint density at radius 2 is 1.72 bits per heavy atom. The van der Waals surface area contributed by atoms with Gasteiger partial charge >= 0.3 is 0 Å². The molecule has 32 heavy (non-hydrogen) atoms. The van der Waals surface area contributed by atoms with Crippen molar-refractivity contribution in [2.24, 2.45) is 0 Å². The van der Waals surface area contributed by atoms with Gasteiger partial charge in [0.25, 0.3) is 17.6 Å². The first-order valence-corrected chi connectivity index (χ1v) is 10.2. The third-order valence-electron chi connectivity index (χ3n) is 6.07. The van der Waals surface area contributed by atoms with Crippen molar-refractivity contribution in [2.45, 2.75) is 5.54 Å². The Bertz CT molecular complexity index is 1140. The molecule has 1 fully saturated rings. The van der Waals surface area contributed by atoms with Crippen molar-refractivity contribution in [2.75, 3.05) is 46.2 Å². The molecule has 1 atom stereocenters. The zero-order chi connectivity index (χ0) is 23.2. The molecule has 0 radical (unpaired) electrons. The normalized spacial score (nSPS) is 21.7. The molecule has 2 aromatic rings. The van der Waals surface area contributed by atoms with E-state index in [4.69, 9.17) is 4.74 Å². The summed E-state index contributed by atoms with van der Waals surface area (Å²) in [6.45, 7) is 0.585. The minimum Gasteiger partial charge on any atom is -0.507 e. The van der Waals surface area contributed by atoms with Crippen molar-refractivity contribution in [3.05, 3.63) is 65.2 Å². The molecule has 2 aromatic carbocycles. The Hall–Kier alpha value is -3.65. The number of carbonyl (C=O) groups excluding carboxylic acids is 3. The van der Waals surface area contributed by atoms with Gasteiger partial charge < -0.3 is 24.5 Å². The second-order valence-corrected chi connectivity index (χ2v) is 8.13. The number of methoxy groups -OCH3 is 1. The maximum absolute atomic E-state index is 13.8. The van der Waals surface area contributed by atoms with E-state index >= 15 is 0 Å². The topological polar surface area (TPSA) is 90.4 Å². The number of rotatable bonds is 5. The number of para-hydroxylation sites is 1. The SMILES string of the molecule is COc1ccc(C(O)=C2C(=O)C(=O)N(CCN(C)C)C23C(=O)N(C)c2ccccc23)cc1. The molecule has 1 N–H and O–H groups in total. The Morgan fingerprint density at radius 1 is 1.06 bits per heavy atom. The smallest absolute Gasteiger partial charge is 0.296 e. The quantitative estimate of drug-likeness (QED) is 0.438. The van der Waals surface area contributed by atoms with Crippen molar-refractivity contribution >= 4 is 29.0 Å². The Balaban J connectivity index is 2.01. The average Bonchev–Trinajstić information content (AvgIpc) is 3.15. The van der Waals surface area contributed by atoms with Gasteiger partial charge in [-0.3, -0.25) is 14.4 Å². The lowest BCUT2D eigenvalue weighted by Gasteiger charge is -2.34. The van der Waals surface area contributed by atoms with Gasteiger partial charge in [-0.2, -0.15) is 0 Å². The number of anilines is 1. The zero-order valence-corrected chi connectivity index (χ0v) is 18.5. The van der Waals surface area contributed by atoms with E-state index < -0.39 is 28.9 Å². The number of Topliss-reactive ketones (excluding diaryl/α,β-unsaturated/α-hetero) is 1. The fourth-order valence-corrected chi connectivity index (χ4v) is 4.46. The number of aliphatic hydroxyl groups excluding tert-OH is 1. The average molecular weight is 435 g/mol. The summed E-state index contributed by atoms with van der Waals surface area (Å²) in [6, 6.07) is 13.5. The summed E-state index contributed by atoms with van der Waals surface area (Å²) >= 11 is 0. The van der Waals surface area contributed by atoms with E-state index in [-0.39, 0.29) is 12.1 Å². The summed E-state index contributed by atoms with van der Waals surface area (Å²) in [5.74, 6) is -1.95. The van der Waals surface area contributed by atoms with Crippen LogP contribution in [0, 0.1) is 0 Å². The van der Waals surface area contributed by atoms with Gasteiger partial charge in [-0.1, -0.05) is 18.2 Å². The minimum atomic E-state index is -1.72. The number of hydrogen-bond acceptors (Lipinski definition) is 6. The summed E-state index contributed by atoms with van der Waals surface area (Å²) < 4.78 is 5.16. The van der Waals surface area contributed by atoms with Gasteiger partial charge in [-0.05, 0) is 44.4 Å². The predicted octanol–water partition coefficient (Wildman–Crippen LogP) is 1.81. The van der Waals surface area contributed by atoms with E-state index in [2.05, 4.69) is 0 Å². The van der Waals surface area contributed by atoms with E-state index in [9.17, 15) is 19.5 Å². The van der Waals surface area contributed by atoms with Crippen LogP contribution < -0.4 is 9.64 Å². The monoisotopic (exact) mass is 435 g/mol. The molecule has 2 aliphatic heterocycles. The van der Waals surface area contributed by atoms with Crippen LogP contribution in [0.2, 0.25) is 0 Å². The highest BCUT2D eigenvalue weighted by Gasteiger charge is 2.66. The van der Waals surface area contributed by atoms with Crippen LogP contribution in [0.1, 0.15) is 11.1 Å². The highest BCUT2D eigenvalue weighted by Crippen LogP contribution is 2.53. The summed E-state index contributed by atoms with van der Waals surface area (Å²) in [4.78, 5) is 44.9. The van der Waals surface area contributed by atoms with Crippen LogP contribution in [-0.4, -0.2) is 73.8 Å². The van der Waals surface area contributed by atoms with Crippen molar-refractivity contribution in [1.29, 1.82) is 0 Å². The first-order chi connectivity index (χ1) is 15.2. The number of fused-ring (bicyclic) bond motifs is 2. The first-order valence-electron chi connectivity index (χ1n) is 10.2. The lowest BCUT2D eigenvalue weighted by atomic mass is 9.82. The maximum Gasteiger partial charge on any atom is 0.296 e. The molecule has 0 aromatic heterocycles. The second kappa shape index (κ2) is 7.80. The first kappa shape index (κ1) is 21.6. The number of likely N-dealkylation sites (tertiary alicyclic amines) is 1. The third kappa shape index (κ3) is 2.90. The molecule has 4 rings (SSSR count). The van der Waals surface area contributed by atoms with Gasteiger partial charge in [0.05, 0.1) is 12.7 Å². The molecule has 2 amide bonds. The summed E-state index contributed by atoms with van der Waals surface area (Å²) in [6.07, 6.45) is 0. The Labute approximate surface area is 186 Å². The van der Waals surface area contributed by atoms with Gasteiger partial charge in [-0.15, -0.1) is 0 Å². The van der Waals surface area contributed by atoms with Crippen LogP contribution in [-0.2, 0) is 19.9 Å². The maximum atomic E-state index is 13.8. The largest absolute Gasteiger partial charge is 0.507 e. The highest BCUT2D eigenvalue weighted by atomic mass is 16.5. The van der Waals surface area contributed by atoms with Crippen molar-refractivity contribution in [3.63, 3.8) is 0 Å². The van der Waals surface area contributed by atoms with E-state index in [0.717, 1.165) is 0 Å². The lowest BCUT2D eigenvalue weighted by molar-refractivity contribution is -0.143. The number of carbonyl (C=O) groups is 3. The number of hydrogen-bond donors (Lipinski definition) is 1. The molecular weight excluding hydrogens is 410 g/mol. The summed E-state index contributed by atoms with van der Waals surface area (Å²) in [7, 11) is 6.82. The van der Waals surface area contributed by atoms with Crippen molar-refractivity contribution in [1.82, 2.24) is 9.80 Å². The van der Waals surface area contributed by atoms with Crippen LogP contribution in [0.3, 0.4) is 0 Å². The summed E-state index contributed by atoms with van der Waals surface area (Å²) in [5, 5.41) is 11.3. The molecule has 1 saturated heterocycles. The molecule has 8 heteroatoms. The van der Waals surface area contributed by atoms with Gasteiger partial charge in [0.2, 0.25) is 0 Å². The third-order valence-corrected chi connectivity index (χ3v) is 6.07. The number of ether oxygens (including phenoxy) is 1. The zero-order valence-electron chi connectivity index (χ0n) is 18.5.